The van der Waals surface area contributed by atoms with E-state index in [2.05, 4.69) is 11.8 Å². The van der Waals surface area contributed by atoms with E-state index >= 15 is 0 Å². The van der Waals surface area contributed by atoms with E-state index in [0.717, 1.165) is 18.0 Å². The van der Waals surface area contributed by atoms with Gasteiger partial charge in [-0.15, -0.1) is 0 Å². The van der Waals surface area contributed by atoms with Gasteiger partial charge in [0.05, 0.1) is 23.7 Å². The van der Waals surface area contributed by atoms with Gasteiger partial charge in [0.15, 0.2) is 0 Å². The lowest BCUT2D eigenvalue weighted by atomic mass is 10.1. The highest BCUT2D eigenvalue weighted by atomic mass is 16.6. The van der Waals surface area contributed by atoms with Gasteiger partial charge < -0.3 is 14.5 Å². The zero-order valence-corrected chi connectivity index (χ0v) is 15.9. The molecule has 0 fully saturated rings. The third-order valence-electron chi connectivity index (χ3n) is 4.66. The maximum absolute atomic E-state index is 12.4. The van der Waals surface area contributed by atoms with Crippen molar-refractivity contribution < 1.29 is 14.5 Å². The van der Waals surface area contributed by atoms with Gasteiger partial charge in [-0.2, -0.15) is 0 Å². The molecule has 7 nitrogen and oxygen atoms in total. The van der Waals surface area contributed by atoms with E-state index in [1.54, 1.807) is 30.2 Å². The molecule has 1 heterocycles. The lowest BCUT2D eigenvalue weighted by molar-refractivity contribution is -0.384. The first-order valence-corrected chi connectivity index (χ1v) is 9.16. The Labute approximate surface area is 164 Å². The van der Waals surface area contributed by atoms with Gasteiger partial charge in [-0.1, -0.05) is 24.3 Å². The number of hydrogen-bond donors (Lipinski definition) is 0. The number of para-hydroxylation sites is 2. The number of likely N-dealkylation sites (N-methyl/N-ethyl adjacent to an activating group) is 2. The smallest absolute Gasteiger partial charge is 0.270 e. The maximum atomic E-state index is 12.4. The average Bonchev–Trinajstić information content (AvgIpc) is 2.71. The first-order valence-electron chi connectivity index (χ1n) is 9.16. The maximum Gasteiger partial charge on any atom is 0.270 e. The summed E-state index contributed by atoms with van der Waals surface area (Å²) in [6, 6.07) is 14.1. The summed E-state index contributed by atoms with van der Waals surface area (Å²) in [5.74, 6) is 0.644. The Balaban J connectivity index is 1.63. The van der Waals surface area contributed by atoms with E-state index in [1.165, 1.54) is 18.2 Å². The minimum Gasteiger partial charge on any atom is -0.485 e. The molecule has 3 rings (SSSR count). The van der Waals surface area contributed by atoms with Gasteiger partial charge in [0.2, 0.25) is 5.91 Å². The highest BCUT2D eigenvalue weighted by Crippen LogP contribution is 2.32. The molecule has 0 spiro atoms. The lowest BCUT2D eigenvalue weighted by Crippen LogP contribution is -2.46. The number of nitro groups is 1. The Hall–Kier alpha value is -3.35. The zero-order chi connectivity index (χ0) is 20.1. The van der Waals surface area contributed by atoms with E-state index in [1.807, 2.05) is 24.3 Å². The first kappa shape index (κ1) is 19.4. The van der Waals surface area contributed by atoms with Gasteiger partial charge in [0, 0.05) is 31.8 Å². The van der Waals surface area contributed by atoms with Crippen LogP contribution in [-0.2, 0) is 4.79 Å². The quantitative estimate of drug-likeness (QED) is 0.436. The van der Waals surface area contributed by atoms with E-state index < -0.39 is 4.92 Å². The van der Waals surface area contributed by atoms with Crippen molar-refractivity contribution in [3.63, 3.8) is 0 Å². The summed E-state index contributed by atoms with van der Waals surface area (Å²) >= 11 is 0. The standard InChI is InChI=1S/C21H23N3O4/c1-3-23-15-18(28-20-10-5-4-9-19(20)23)14-22(2)21(25)12-11-16-7-6-8-17(13-16)24(26)27/h4-13,18H,3,14-15H2,1-2H3/b12-11+/t18-/m1/s1. The second-order valence-corrected chi connectivity index (χ2v) is 6.65. The fraction of sp³-hybridized carbons (Fsp3) is 0.286. The molecule has 0 N–H and O–H groups in total. The normalized spacial score (nSPS) is 15.8. The summed E-state index contributed by atoms with van der Waals surface area (Å²) in [6.45, 7) is 4.11. The summed E-state index contributed by atoms with van der Waals surface area (Å²) in [6.07, 6.45) is 2.88. The van der Waals surface area contributed by atoms with E-state index in [-0.39, 0.29) is 17.7 Å². The molecule has 1 atom stereocenters. The number of hydrogen-bond acceptors (Lipinski definition) is 5. The van der Waals surface area contributed by atoms with Gasteiger partial charge in [-0.3, -0.25) is 14.9 Å². The first-order chi connectivity index (χ1) is 13.5. The molecule has 0 saturated carbocycles. The summed E-state index contributed by atoms with van der Waals surface area (Å²) < 4.78 is 6.06. The number of carbonyl (C=O) groups is 1. The number of benzene rings is 2. The number of carbonyl (C=O) groups excluding carboxylic acids is 1. The highest BCUT2D eigenvalue weighted by Gasteiger charge is 2.26. The number of non-ortho nitro benzene ring substituents is 1. The van der Waals surface area contributed by atoms with Crippen molar-refractivity contribution in [1.82, 2.24) is 4.90 Å². The Kier molecular flexibility index (Phi) is 5.93. The Bertz CT molecular complexity index is 897. The van der Waals surface area contributed by atoms with Crippen molar-refractivity contribution in [1.29, 1.82) is 0 Å². The van der Waals surface area contributed by atoms with Crippen LogP contribution in [0.4, 0.5) is 11.4 Å². The van der Waals surface area contributed by atoms with Crippen molar-refractivity contribution in [3.8, 4) is 5.75 Å². The molecule has 2 aromatic rings. The van der Waals surface area contributed by atoms with E-state index in [9.17, 15) is 14.9 Å². The second kappa shape index (κ2) is 8.56. The Morgan fingerprint density at radius 3 is 2.86 bits per heavy atom. The van der Waals surface area contributed by atoms with Crippen molar-refractivity contribution in [2.75, 3.05) is 31.6 Å². The fourth-order valence-corrected chi connectivity index (χ4v) is 3.21. The predicted molar refractivity (Wildman–Crippen MR) is 109 cm³/mol. The van der Waals surface area contributed by atoms with Crippen molar-refractivity contribution >= 4 is 23.4 Å². The summed E-state index contributed by atoms with van der Waals surface area (Å²) in [7, 11) is 1.72. The van der Waals surface area contributed by atoms with Gasteiger partial charge in [-0.05, 0) is 30.7 Å². The molecule has 7 heteroatoms. The number of amides is 1. The van der Waals surface area contributed by atoms with Crippen LogP contribution in [0.5, 0.6) is 5.75 Å². The predicted octanol–water partition coefficient (Wildman–Crippen LogP) is 3.35. The van der Waals surface area contributed by atoms with Crippen LogP contribution >= 0.6 is 0 Å². The van der Waals surface area contributed by atoms with Crippen LogP contribution in [0.2, 0.25) is 0 Å². The van der Waals surface area contributed by atoms with Gasteiger partial charge in [0.25, 0.3) is 5.69 Å². The molecule has 0 bridgehead atoms. The Morgan fingerprint density at radius 2 is 2.11 bits per heavy atom. The minimum absolute atomic E-state index is 0.00289. The molecule has 2 aromatic carbocycles. The van der Waals surface area contributed by atoms with E-state index in [4.69, 9.17) is 4.74 Å². The molecule has 0 aliphatic carbocycles. The molecule has 1 amide bonds. The SMILES string of the molecule is CCN1C[C@@H](CN(C)C(=O)/C=C/c2cccc([N+](=O)[O-])c2)Oc2ccccc21. The van der Waals surface area contributed by atoms with Crippen LogP contribution in [0.25, 0.3) is 6.08 Å². The van der Waals surface area contributed by atoms with Crippen LogP contribution < -0.4 is 9.64 Å². The average molecular weight is 381 g/mol. The molecule has 0 aromatic heterocycles. The number of ether oxygens (including phenoxy) is 1. The molecule has 1 aliphatic rings. The molecular weight excluding hydrogens is 358 g/mol. The number of fused-ring (bicyclic) bond motifs is 1. The third kappa shape index (κ3) is 4.49. The van der Waals surface area contributed by atoms with Crippen LogP contribution in [0.15, 0.2) is 54.6 Å². The van der Waals surface area contributed by atoms with Gasteiger partial charge in [-0.25, -0.2) is 0 Å². The number of nitrogens with zero attached hydrogens (tertiary/aromatic N) is 3. The molecule has 1 aliphatic heterocycles. The lowest BCUT2D eigenvalue weighted by Gasteiger charge is -2.37. The Morgan fingerprint density at radius 1 is 1.32 bits per heavy atom. The molecule has 0 unspecified atom stereocenters. The number of rotatable bonds is 6. The van der Waals surface area contributed by atoms with Crippen LogP contribution in [0.3, 0.4) is 0 Å². The van der Waals surface area contributed by atoms with Crippen LogP contribution in [0, 0.1) is 10.1 Å². The van der Waals surface area contributed by atoms with Crippen molar-refractivity contribution in [2.45, 2.75) is 13.0 Å². The molecule has 0 saturated heterocycles. The second-order valence-electron chi connectivity index (χ2n) is 6.65. The minimum atomic E-state index is -0.455. The summed E-state index contributed by atoms with van der Waals surface area (Å²) in [5.41, 5.74) is 1.67. The summed E-state index contributed by atoms with van der Waals surface area (Å²) in [4.78, 5) is 26.7. The molecule has 146 valence electrons. The van der Waals surface area contributed by atoms with Crippen molar-refractivity contribution in [2.24, 2.45) is 0 Å². The van der Waals surface area contributed by atoms with Crippen molar-refractivity contribution in [3.05, 3.63) is 70.3 Å². The van der Waals surface area contributed by atoms with Crippen LogP contribution in [0.1, 0.15) is 12.5 Å². The van der Waals surface area contributed by atoms with Crippen LogP contribution in [-0.4, -0.2) is 48.5 Å². The molecule has 28 heavy (non-hydrogen) atoms. The molecular formula is C21H23N3O4. The van der Waals surface area contributed by atoms with Gasteiger partial charge >= 0.3 is 0 Å². The largest absolute Gasteiger partial charge is 0.485 e. The molecule has 0 radical (unpaired) electrons. The zero-order valence-electron chi connectivity index (χ0n) is 15.9. The fourth-order valence-electron chi connectivity index (χ4n) is 3.21. The number of anilines is 1. The van der Waals surface area contributed by atoms with Gasteiger partial charge in [0.1, 0.15) is 11.9 Å². The highest BCUT2D eigenvalue weighted by molar-refractivity contribution is 5.91. The topological polar surface area (TPSA) is 75.9 Å². The summed E-state index contributed by atoms with van der Waals surface area (Å²) in [5, 5.41) is 10.8. The van der Waals surface area contributed by atoms with E-state index in [0.29, 0.717) is 18.7 Å². The third-order valence-corrected chi connectivity index (χ3v) is 4.66. The monoisotopic (exact) mass is 381 g/mol. The number of nitro benzene ring substituents is 1.